The third-order valence-electron chi connectivity index (χ3n) is 2.01. The van der Waals surface area contributed by atoms with Gasteiger partial charge in [-0.25, -0.2) is 9.97 Å². The van der Waals surface area contributed by atoms with Crippen molar-refractivity contribution in [1.82, 2.24) is 9.97 Å². The SMILES string of the molecule is CC(C)N(CCC#N)c1ncncc1Cl. The molecule has 0 spiro atoms. The molecule has 0 bridgehead atoms. The largest absolute Gasteiger partial charge is 0.352 e. The van der Waals surface area contributed by atoms with Crippen LogP contribution in [0.2, 0.25) is 5.02 Å². The molecule has 0 radical (unpaired) electrons. The lowest BCUT2D eigenvalue weighted by Crippen LogP contribution is -2.32. The first-order valence-corrected chi connectivity index (χ1v) is 5.13. The number of hydrogen-bond donors (Lipinski definition) is 0. The van der Waals surface area contributed by atoms with Crippen molar-refractivity contribution in [3.63, 3.8) is 0 Å². The smallest absolute Gasteiger partial charge is 0.151 e. The molecule has 1 aromatic heterocycles. The lowest BCUT2D eigenvalue weighted by atomic mass is 10.3. The molecule has 0 N–H and O–H groups in total. The van der Waals surface area contributed by atoms with Crippen LogP contribution >= 0.6 is 11.6 Å². The molecule has 15 heavy (non-hydrogen) atoms. The minimum atomic E-state index is 0.255. The maximum atomic E-state index is 8.57. The number of hydrogen-bond acceptors (Lipinski definition) is 4. The normalized spacial score (nSPS) is 10.1. The summed E-state index contributed by atoms with van der Waals surface area (Å²) < 4.78 is 0. The molecule has 1 heterocycles. The minimum Gasteiger partial charge on any atom is -0.352 e. The maximum absolute atomic E-state index is 8.57. The minimum absolute atomic E-state index is 0.255. The molecule has 80 valence electrons. The van der Waals surface area contributed by atoms with Crippen LogP contribution in [0.3, 0.4) is 0 Å². The summed E-state index contributed by atoms with van der Waals surface area (Å²) in [6.07, 6.45) is 3.48. The highest BCUT2D eigenvalue weighted by atomic mass is 35.5. The van der Waals surface area contributed by atoms with E-state index in [2.05, 4.69) is 16.0 Å². The van der Waals surface area contributed by atoms with Gasteiger partial charge in [0.1, 0.15) is 11.3 Å². The summed E-state index contributed by atoms with van der Waals surface area (Å²) in [6, 6.07) is 2.37. The standard InChI is InChI=1S/C10H13ClN4/c1-8(2)15(5-3-4-12)10-9(11)6-13-7-14-10/h6-8H,3,5H2,1-2H3. The second kappa shape index (κ2) is 5.52. The van der Waals surface area contributed by atoms with E-state index < -0.39 is 0 Å². The van der Waals surface area contributed by atoms with Crippen molar-refractivity contribution in [2.45, 2.75) is 26.3 Å². The van der Waals surface area contributed by atoms with Crippen LogP contribution in [0.15, 0.2) is 12.5 Å². The molecule has 1 rings (SSSR count). The van der Waals surface area contributed by atoms with Gasteiger partial charge in [0.2, 0.25) is 0 Å². The molecular weight excluding hydrogens is 212 g/mol. The lowest BCUT2D eigenvalue weighted by Gasteiger charge is -2.27. The van der Waals surface area contributed by atoms with E-state index >= 15 is 0 Å². The molecule has 0 amide bonds. The second-order valence-electron chi connectivity index (χ2n) is 3.39. The zero-order chi connectivity index (χ0) is 11.3. The van der Waals surface area contributed by atoms with Gasteiger partial charge in [-0.1, -0.05) is 11.6 Å². The van der Waals surface area contributed by atoms with Gasteiger partial charge in [-0.15, -0.1) is 0 Å². The van der Waals surface area contributed by atoms with Crippen molar-refractivity contribution in [1.29, 1.82) is 5.26 Å². The Hall–Kier alpha value is -1.34. The summed E-state index contributed by atoms with van der Waals surface area (Å²) in [4.78, 5) is 9.95. The van der Waals surface area contributed by atoms with Crippen LogP contribution in [-0.4, -0.2) is 22.6 Å². The van der Waals surface area contributed by atoms with Crippen molar-refractivity contribution in [2.75, 3.05) is 11.4 Å². The van der Waals surface area contributed by atoms with Gasteiger partial charge in [0, 0.05) is 12.6 Å². The molecule has 0 aromatic carbocycles. The van der Waals surface area contributed by atoms with Crippen molar-refractivity contribution in [3.05, 3.63) is 17.5 Å². The highest BCUT2D eigenvalue weighted by molar-refractivity contribution is 6.32. The molecule has 0 aliphatic rings. The molecule has 0 aliphatic carbocycles. The van der Waals surface area contributed by atoms with Crippen LogP contribution in [-0.2, 0) is 0 Å². The molecule has 5 heteroatoms. The molecular formula is C10H13ClN4. The fourth-order valence-corrected chi connectivity index (χ4v) is 1.51. The lowest BCUT2D eigenvalue weighted by molar-refractivity contribution is 0.676. The zero-order valence-electron chi connectivity index (χ0n) is 8.81. The Kier molecular flexibility index (Phi) is 4.32. The van der Waals surface area contributed by atoms with Gasteiger partial charge in [0.05, 0.1) is 18.7 Å². The van der Waals surface area contributed by atoms with E-state index in [9.17, 15) is 0 Å². The molecule has 0 saturated heterocycles. The Morgan fingerprint density at radius 2 is 2.33 bits per heavy atom. The van der Waals surface area contributed by atoms with Crippen LogP contribution in [0.5, 0.6) is 0 Å². The van der Waals surface area contributed by atoms with Crippen LogP contribution < -0.4 is 4.90 Å². The third kappa shape index (κ3) is 3.07. The average Bonchev–Trinajstić information content (AvgIpc) is 2.20. The quantitative estimate of drug-likeness (QED) is 0.787. The third-order valence-corrected chi connectivity index (χ3v) is 2.27. The van der Waals surface area contributed by atoms with E-state index in [-0.39, 0.29) is 6.04 Å². The fourth-order valence-electron chi connectivity index (χ4n) is 1.30. The summed E-state index contributed by atoms with van der Waals surface area (Å²) in [5.74, 6) is 0.692. The first-order chi connectivity index (χ1) is 7.16. The van der Waals surface area contributed by atoms with Crippen LogP contribution in [0.25, 0.3) is 0 Å². The predicted octanol–water partition coefficient (Wildman–Crippen LogP) is 2.26. The Morgan fingerprint density at radius 1 is 1.60 bits per heavy atom. The topological polar surface area (TPSA) is 52.8 Å². The van der Waals surface area contributed by atoms with Gasteiger partial charge in [0.15, 0.2) is 5.82 Å². The molecule has 0 fully saturated rings. The van der Waals surface area contributed by atoms with E-state index in [1.54, 1.807) is 6.20 Å². The van der Waals surface area contributed by atoms with Crippen molar-refractivity contribution in [2.24, 2.45) is 0 Å². The Labute approximate surface area is 94.5 Å². The highest BCUT2D eigenvalue weighted by Crippen LogP contribution is 2.23. The predicted molar refractivity (Wildman–Crippen MR) is 59.8 cm³/mol. The molecule has 4 nitrogen and oxygen atoms in total. The summed E-state index contributed by atoms with van der Waals surface area (Å²) in [5, 5.41) is 9.09. The molecule has 0 saturated carbocycles. The monoisotopic (exact) mass is 224 g/mol. The number of nitrogens with zero attached hydrogens (tertiary/aromatic N) is 4. The summed E-state index contributed by atoms with van der Waals surface area (Å²) in [6.45, 7) is 4.70. The molecule has 0 atom stereocenters. The van der Waals surface area contributed by atoms with Gasteiger partial charge in [-0.3, -0.25) is 0 Å². The zero-order valence-corrected chi connectivity index (χ0v) is 9.57. The Morgan fingerprint density at radius 3 is 2.87 bits per heavy atom. The summed E-state index contributed by atoms with van der Waals surface area (Å²) >= 11 is 5.99. The fraction of sp³-hybridized carbons (Fsp3) is 0.500. The van der Waals surface area contributed by atoms with E-state index in [4.69, 9.17) is 16.9 Å². The van der Waals surface area contributed by atoms with Crippen LogP contribution in [0.4, 0.5) is 5.82 Å². The molecule has 1 aromatic rings. The first kappa shape index (κ1) is 11.7. The Balaban J connectivity index is 2.90. The van der Waals surface area contributed by atoms with Gasteiger partial charge in [-0.2, -0.15) is 5.26 Å². The van der Waals surface area contributed by atoms with Crippen LogP contribution in [0.1, 0.15) is 20.3 Å². The molecule has 0 aliphatic heterocycles. The number of halogens is 1. The van der Waals surface area contributed by atoms with E-state index in [0.717, 1.165) is 0 Å². The van der Waals surface area contributed by atoms with Crippen molar-refractivity contribution >= 4 is 17.4 Å². The number of anilines is 1. The van der Waals surface area contributed by atoms with Gasteiger partial charge in [0.25, 0.3) is 0 Å². The van der Waals surface area contributed by atoms with E-state index in [0.29, 0.717) is 23.8 Å². The maximum Gasteiger partial charge on any atom is 0.151 e. The second-order valence-corrected chi connectivity index (χ2v) is 3.80. The van der Waals surface area contributed by atoms with Gasteiger partial charge < -0.3 is 4.90 Å². The van der Waals surface area contributed by atoms with Crippen LogP contribution in [0, 0.1) is 11.3 Å². The number of aromatic nitrogens is 2. The van der Waals surface area contributed by atoms with Crippen molar-refractivity contribution in [3.8, 4) is 6.07 Å². The van der Waals surface area contributed by atoms with Crippen molar-refractivity contribution < 1.29 is 0 Å². The Bertz CT molecular complexity index is 359. The first-order valence-electron chi connectivity index (χ1n) is 4.76. The highest BCUT2D eigenvalue weighted by Gasteiger charge is 2.14. The van der Waals surface area contributed by atoms with E-state index in [1.165, 1.54) is 6.33 Å². The number of nitriles is 1. The summed E-state index contributed by atoms with van der Waals surface area (Å²) in [5.41, 5.74) is 0. The van der Waals surface area contributed by atoms with Gasteiger partial charge >= 0.3 is 0 Å². The average molecular weight is 225 g/mol. The molecule has 0 unspecified atom stereocenters. The van der Waals surface area contributed by atoms with Gasteiger partial charge in [-0.05, 0) is 13.8 Å². The summed E-state index contributed by atoms with van der Waals surface area (Å²) in [7, 11) is 0. The van der Waals surface area contributed by atoms with E-state index in [1.807, 2.05) is 18.7 Å². The number of rotatable bonds is 4.